The van der Waals surface area contributed by atoms with Gasteiger partial charge in [-0.05, 0) is 12.1 Å². The summed E-state index contributed by atoms with van der Waals surface area (Å²) in [4.78, 5) is 15.3. The number of carbonyl (C=O) groups is 1. The maximum atomic E-state index is 13.9. The van der Waals surface area contributed by atoms with E-state index in [4.69, 9.17) is 0 Å². The first-order valence-electron chi connectivity index (χ1n) is 5.70. The Hall–Kier alpha value is -1.78. The zero-order chi connectivity index (χ0) is 13.5. The molecule has 0 bridgehead atoms. The summed E-state index contributed by atoms with van der Waals surface area (Å²) in [6, 6.07) is 2.66. The molecule has 5 heteroatoms. The minimum atomic E-state index is -2.90. The van der Waals surface area contributed by atoms with Gasteiger partial charge in [0, 0.05) is 24.6 Å². The lowest BCUT2D eigenvalue weighted by atomic mass is 9.99. The molecule has 0 fully saturated rings. The lowest BCUT2D eigenvalue weighted by Gasteiger charge is -2.20. The Labute approximate surface area is 103 Å². The van der Waals surface area contributed by atoms with Gasteiger partial charge in [-0.2, -0.15) is 0 Å². The third kappa shape index (κ3) is 1.89. The van der Waals surface area contributed by atoms with Crippen LogP contribution in [-0.4, -0.2) is 15.2 Å². The van der Waals surface area contributed by atoms with E-state index >= 15 is 0 Å². The number of alkyl halides is 2. The molecule has 96 valence electrons. The van der Waals surface area contributed by atoms with Crippen molar-refractivity contribution in [2.45, 2.75) is 26.7 Å². The van der Waals surface area contributed by atoms with Gasteiger partial charge in [-0.25, -0.2) is 13.8 Å². The minimum Gasteiger partial charge on any atom is -0.297 e. The molecule has 18 heavy (non-hydrogen) atoms. The fourth-order valence-electron chi connectivity index (χ4n) is 1.78. The van der Waals surface area contributed by atoms with Crippen LogP contribution in [0.3, 0.4) is 0 Å². The van der Waals surface area contributed by atoms with Crippen molar-refractivity contribution in [2.24, 2.45) is 5.92 Å². The van der Waals surface area contributed by atoms with Crippen LogP contribution < -0.4 is 0 Å². The SMILES string of the molecule is CC(=O)c1cnc2cc(C(F)(F)C(C)C)ccn12. The van der Waals surface area contributed by atoms with E-state index in [0.29, 0.717) is 11.3 Å². The maximum absolute atomic E-state index is 13.9. The molecule has 0 radical (unpaired) electrons. The molecule has 2 aromatic heterocycles. The van der Waals surface area contributed by atoms with Gasteiger partial charge < -0.3 is 0 Å². The van der Waals surface area contributed by atoms with Crippen LogP contribution in [0.15, 0.2) is 24.5 Å². The number of ketones is 1. The van der Waals surface area contributed by atoms with E-state index in [-0.39, 0.29) is 11.3 Å². The standard InChI is InChI=1S/C13H14F2N2O/c1-8(2)13(14,15)10-4-5-17-11(9(3)18)7-16-12(17)6-10/h4-8H,1-3H3. The van der Waals surface area contributed by atoms with E-state index < -0.39 is 11.8 Å². The van der Waals surface area contributed by atoms with Gasteiger partial charge >= 0.3 is 0 Å². The first-order valence-corrected chi connectivity index (χ1v) is 5.70. The van der Waals surface area contributed by atoms with Crippen LogP contribution in [-0.2, 0) is 5.92 Å². The Bertz CT molecular complexity index is 602. The molecule has 2 aromatic rings. The minimum absolute atomic E-state index is 0.0781. The van der Waals surface area contributed by atoms with Crippen LogP contribution in [0.4, 0.5) is 8.78 Å². The summed E-state index contributed by atoms with van der Waals surface area (Å²) in [6.45, 7) is 4.35. The monoisotopic (exact) mass is 252 g/mol. The molecule has 0 N–H and O–H groups in total. The van der Waals surface area contributed by atoms with E-state index in [9.17, 15) is 13.6 Å². The third-order valence-corrected chi connectivity index (χ3v) is 2.98. The van der Waals surface area contributed by atoms with Gasteiger partial charge in [-0.1, -0.05) is 13.8 Å². The normalized spacial score (nSPS) is 12.3. The van der Waals surface area contributed by atoms with Crippen molar-refractivity contribution < 1.29 is 13.6 Å². The van der Waals surface area contributed by atoms with Crippen molar-refractivity contribution in [1.29, 1.82) is 0 Å². The second-order valence-electron chi connectivity index (χ2n) is 4.62. The third-order valence-electron chi connectivity index (χ3n) is 2.98. The molecular formula is C13H14F2N2O. The fraction of sp³-hybridized carbons (Fsp3) is 0.385. The summed E-state index contributed by atoms with van der Waals surface area (Å²) in [5.41, 5.74) is 0.674. The predicted octanol–water partition coefficient (Wildman–Crippen LogP) is 3.28. The molecule has 0 saturated carbocycles. The fourth-order valence-corrected chi connectivity index (χ4v) is 1.78. The number of carbonyl (C=O) groups excluding carboxylic acids is 1. The van der Waals surface area contributed by atoms with Crippen LogP contribution >= 0.6 is 0 Å². The molecule has 2 heterocycles. The molecule has 0 amide bonds. The quantitative estimate of drug-likeness (QED) is 0.785. The Morgan fingerprint density at radius 3 is 2.67 bits per heavy atom. The zero-order valence-electron chi connectivity index (χ0n) is 10.4. The molecule has 0 saturated heterocycles. The number of Topliss-reactive ketones (excluding diaryl/α,β-unsaturated/α-hetero) is 1. The first kappa shape index (κ1) is 12.7. The number of pyridine rings is 1. The highest BCUT2D eigenvalue weighted by atomic mass is 19.3. The molecular weight excluding hydrogens is 238 g/mol. The summed E-state index contributed by atoms with van der Waals surface area (Å²) >= 11 is 0. The number of fused-ring (bicyclic) bond motifs is 1. The van der Waals surface area contributed by atoms with Crippen molar-refractivity contribution in [1.82, 2.24) is 9.38 Å². The first-order chi connectivity index (χ1) is 8.34. The number of hydrogen-bond acceptors (Lipinski definition) is 2. The molecule has 2 rings (SSSR count). The number of nitrogens with zero attached hydrogens (tertiary/aromatic N) is 2. The second kappa shape index (κ2) is 4.15. The summed E-state index contributed by atoms with van der Waals surface area (Å²) in [7, 11) is 0. The van der Waals surface area contributed by atoms with Crippen molar-refractivity contribution in [3.63, 3.8) is 0 Å². The van der Waals surface area contributed by atoms with Gasteiger partial charge in [0.2, 0.25) is 0 Å². The summed E-state index contributed by atoms with van der Waals surface area (Å²) in [5.74, 6) is -3.84. The van der Waals surface area contributed by atoms with Crippen LogP contribution in [0.2, 0.25) is 0 Å². The molecule has 3 nitrogen and oxygen atoms in total. The molecule has 0 spiro atoms. The van der Waals surface area contributed by atoms with Gasteiger partial charge in [0.15, 0.2) is 5.78 Å². The lowest BCUT2D eigenvalue weighted by molar-refractivity contribution is -0.0513. The molecule has 0 aromatic carbocycles. The van der Waals surface area contributed by atoms with Crippen LogP contribution in [0.5, 0.6) is 0 Å². The predicted molar refractivity (Wildman–Crippen MR) is 63.9 cm³/mol. The van der Waals surface area contributed by atoms with Crippen LogP contribution in [0.25, 0.3) is 5.65 Å². The molecule has 0 aliphatic rings. The number of hydrogen-bond donors (Lipinski definition) is 0. The molecule has 0 unspecified atom stereocenters. The second-order valence-corrected chi connectivity index (χ2v) is 4.62. The molecule has 0 aliphatic carbocycles. The Morgan fingerprint density at radius 1 is 1.44 bits per heavy atom. The van der Waals surface area contributed by atoms with Crippen molar-refractivity contribution >= 4 is 11.4 Å². The van der Waals surface area contributed by atoms with Crippen LogP contribution in [0.1, 0.15) is 36.8 Å². The lowest BCUT2D eigenvalue weighted by Crippen LogP contribution is -2.21. The Kier molecular flexibility index (Phi) is 2.92. The number of halogens is 2. The number of imidazole rings is 1. The average molecular weight is 252 g/mol. The van der Waals surface area contributed by atoms with Gasteiger partial charge in [-0.3, -0.25) is 9.20 Å². The van der Waals surface area contributed by atoms with E-state index in [0.717, 1.165) is 0 Å². The summed E-state index contributed by atoms with van der Waals surface area (Å²) < 4.78 is 29.3. The van der Waals surface area contributed by atoms with Gasteiger partial charge in [-0.15, -0.1) is 0 Å². The largest absolute Gasteiger partial charge is 0.297 e. The highest BCUT2D eigenvalue weighted by Gasteiger charge is 2.35. The molecule has 0 aliphatic heterocycles. The smallest absolute Gasteiger partial charge is 0.275 e. The van der Waals surface area contributed by atoms with Crippen molar-refractivity contribution in [3.8, 4) is 0 Å². The van der Waals surface area contributed by atoms with Gasteiger partial charge in [0.25, 0.3) is 5.92 Å². The van der Waals surface area contributed by atoms with Crippen molar-refractivity contribution in [2.75, 3.05) is 0 Å². The highest BCUT2D eigenvalue weighted by molar-refractivity contribution is 5.93. The van der Waals surface area contributed by atoms with E-state index in [1.807, 2.05) is 0 Å². The van der Waals surface area contributed by atoms with Gasteiger partial charge in [0.05, 0.1) is 6.20 Å². The Balaban J connectivity index is 2.56. The van der Waals surface area contributed by atoms with Crippen molar-refractivity contribution in [3.05, 3.63) is 35.8 Å². The summed E-state index contributed by atoms with van der Waals surface area (Å²) in [6.07, 6.45) is 2.86. The zero-order valence-corrected chi connectivity index (χ0v) is 10.4. The maximum Gasteiger partial charge on any atom is 0.275 e. The van der Waals surface area contributed by atoms with Gasteiger partial charge in [0.1, 0.15) is 11.3 Å². The topological polar surface area (TPSA) is 34.4 Å². The van der Waals surface area contributed by atoms with Crippen LogP contribution in [0, 0.1) is 5.92 Å². The highest BCUT2D eigenvalue weighted by Crippen LogP contribution is 2.35. The average Bonchev–Trinajstić information content (AvgIpc) is 2.71. The summed E-state index contributed by atoms with van der Waals surface area (Å²) in [5, 5.41) is 0. The van der Waals surface area contributed by atoms with E-state index in [2.05, 4.69) is 4.98 Å². The molecule has 0 atom stereocenters. The number of rotatable bonds is 3. The van der Waals surface area contributed by atoms with E-state index in [1.165, 1.54) is 49.7 Å². The van der Waals surface area contributed by atoms with E-state index in [1.54, 1.807) is 0 Å². The Morgan fingerprint density at radius 2 is 2.11 bits per heavy atom. The number of aromatic nitrogens is 2.